The lowest BCUT2D eigenvalue weighted by atomic mass is 10.3. The average molecular weight is 291 g/mol. The molecule has 1 aromatic rings. The number of rotatable bonds is 6. The molecule has 0 aliphatic heterocycles. The van der Waals surface area contributed by atoms with Gasteiger partial charge >= 0.3 is 0 Å². The van der Waals surface area contributed by atoms with Crippen molar-refractivity contribution in [2.75, 3.05) is 12.3 Å². The van der Waals surface area contributed by atoms with Crippen LogP contribution in [0.3, 0.4) is 0 Å². The first-order valence-electron chi connectivity index (χ1n) is 5.55. The molecule has 0 saturated heterocycles. The molecule has 1 aliphatic rings. The molecule has 1 aliphatic carbocycles. The number of nitrogens with one attached hydrogen (secondary N) is 1. The third-order valence-corrected chi connectivity index (χ3v) is 5.26. The second-order valence-electron chi connectivity index (χ2n) is 4.02. The summed E-state index contributed by atoms with van der Waals surface area (Å²) in [5.41, 5.74) is 5.72. The maximum absolute atomic E-state index is 11.6. The van der Waals surface area contributed by atoms with Crippen LogP contribution in [0, 0.1) is 0 Å². The number of hydrogen-bond acceptors (Lipinski definition) is 4. The van der Waals surface area contributed by atoms with Crippen molar-refractivity contribution in [3.05, 3.63) is 21.3 Å². The fraction of sp³-hybridized carbons (Fsp3) is 0.545. The molecule has 1 atom stereocenters. The highest BCUT2D eigenvalue weighted by Gasteiger charge is 2.23. The number of nitrogens with two attached hydrogens (primary N) is 1. The zero-order valence-electron chi connectivity index (χ0n) is 9.32. The lowest BCUT2D eigenvalue weighted by molar-refractivity contribution is -0.118. The zero-order valence-corrected chi connectivity index (χ0v) is 11.7. The highest BCUT2D eigenvalue weighted by Crippen LogP contribution is 2.34. The molecule has 1 heterocycles. The first-order valence-corrected chi connectivity index (χ1v) is 7.79. The van der Waals surface area contributed by atoms with Crippen molar-refractivity contribution in [2.45, 2.75) is 24.1 Å². The van der Waals surface area contributed by atoms with Crippen LogP contribution >= 0.6 is 34.7 Å². The molecular formula is C11H15ClN2OS2. The maximum atomic E-state index is 11.6. The predicted octanol–water partition coefficient (Wildman–Crippen LogP) is 2.41. The molecule has 1 amide bonds. The van der Waals surface area contributed by atoms with Crippen molar-refractivity contribution in [1.29, 1.82) is 0 Å². The molecule has 6 heteroatoms. The Balaban J connectivity index is 1.80. The molecule has 3 N–H and O–H groups in total. The van der Waals surface area contributed by atoms with Gasteiger partial charge in [-0.25, -0.2) is 0 Å². The van der Waals surface area contributed by atoms with E-state index in [2.05, 4.69) is 5.32 Å². The molecule has 3 nitrogen and oxygen atoms in total. The van der Waals surface area contributed by atoms with Gasteiger partial charge in [0.1, 0.15) is 0 Å². The van der Waals surface area contributed by atoms with Crippen LogP contribution in [0.1, 0.15) is 23.0 Å². The largest absolute Gasteiger partial charge is 0.353 e. The van der Waals surface area contributed by atoms with Crippen molar-refractivity contribution in [1.82, 2.24) is 5.32 Å². The number of hydrogen-bond donors (Lipinski definition) is 2. The number of thiophene rings is 1. The molecule has 1 saturated carbocycles. The predicted molar refractivity (Wildman–Crippen MR) is 74.7 cm³/mol. The first kappa shape index (κ1) is 13.2. The van der Waals surface area contributed by atoms with Crippen molar-refractivity contribution in [2.24, 2.45) is 5.73 Å². The number of carbonyl (C=O) groups excluding carboxylic acids is 1. The van der Waals surface area contributed by atoms with Crippen LogP contribution in [0.25, 0.3) is 0 Å². The van der Waals surface area contributed by atoms with Gasteiger partial charge in [-0.1, -0.05) is 11.6 Å². The van der Waals surface area contributed by atoms with Crippen molar-refractivity contribution < 1.29 is 4.79 Å². The van der Waals surface area contributed by atoms with Crippen molar-refractivity contribution >= 4 is 40.6 Å². The van der Waals surface area contributed by atoms with Gasteiger partial charge in [0.2, 0.25) is 5.91 Å². The lowest BCUT2D eigenvalue weighted by Gasteiger charge is -2.12. The number of amides is 1. The topological polar surface area (TPSA) is 55.1 Å². The molecule has 2 rings (SSSR count). The van der Waals surface area contributed by atoms with E-state index in [1.54, 1.807) is 11.8 Å². The Labute approximate surface area is 114 Å². The Morgan fingerprint density at radius 2 is 2.41 bits per heavy atom. The number of carbonyl (C=O) groups is 1. The van der Waals surface area contributed by atoms with Gasteiger partial charge in [0.05, 0.1) is 15.3 Å². The van der Waals surface area contributed by atoms with Crippen LogP contribution in [0.2, 0.25) is 4.34 Å². The van der Waals surface area contributed by atoms with Crippen molar-refractivity contribution in [3.63, 3.8) is 0 Å². The third kappa shape index (κ3) is 4.17. The summed E-state index contributed by atoms with van der Waals surface area (Å²) in [7, 11) is 0. The quantitative estimate of drug-likeness (QED) is 0.846. The van der Waals surface area contributed by atoms with Crippen LogP contribution in [-0.4, -0.2) is 24.2 Å². The highest BCUT2D eigenvalue weighted by atomic mass is 35.5. The average Bonchev–Trinajstić information content (AvgIpc) is 3.00. The zero-order chi connectivity index (χ0) is 12.3. The molecule has 94 valence electrons. The van der Waals surface area contributed by atoms with E-state index < -0.39 is 0 Å². The second kappa shape index (κ2) is 6.09. The van der Waals surface area contributed by atoms with E-state index >= 15 is 0 Å². The fourth-order valence-corrected chi connectivity index (χ4v) is 3.66. The SMILES string of the molecule is NCC(SCC(=O)NC1CC1)c1ccc(Cl)s1. The van der Waals surface area contributed by atoms with Gasteiger partial charge in [-0.15, -0.1) is 23.1 Å². The summed E-state index contributed by atoms with van der Waals surface area (Å²) in [6.07, 6.45) is 2.24. The minimum Gasteiger partial charge on any atom is -0.353 e. The number of thioether (sulfide) groups is 1. The number of halogens is 1. The van der Waals surface area contributed by atoms with Gasteiger partial charge in [-0.2, -0.15) is 0 Å². The molecule has 1 unspecified atom stereocenters. The van der Waals surface area contributed by atoms with E-state index in [-0.39, 0.29) is 11.2 Å². The summed E-state index contributed by atoms with van der Waals surface area (Å²) in [4.78, 5) is 12.7. The molecule has 0 spiro atoms. The molecule has 17 heavy (non-hydrogen) atoms. The molecule has 0 aromatic carbocycles. The van der Waals surface area contributed by atoms with E-state index in [4.69, 9.17) is 17.3 Å². The Bertz CT molecular complexity index is 393. The van der Waals surface area contributed by atoms with Gasteiger partial charge in [0.15, 0.2) is 0 Å². The first-order chi connectivity index (χ1) is 8.19. The molecular weight excluding hydrogens is 276 g/mol. The molecule has 0 bridgehead atoms. The van der Waals surface area contributed by atoms with Gasteiger partial charge in [-0.3, -0.25) is 4.79 Å². The smallest absolute Gasteiger partial charge is 0.230 e. The molecule has 1 fully saturated rings. The summed E-state index contributed by atoms with van der Waals surface area (Å²) in [6.45, 7) is 0.526. The minimum absolute atomic E-state index is 0.110. The van der Waals surface area contributed by atoms with Gasteiger partial charge in [-0.05, 0) is 25.0 Å². The van der Waals surface area contributed by atoms with Crippen LogP contribution in [0.5, 0.6) is 0 Å². The van der Waals surface area contributed by atoms with Gasteiger partial charge in [0.25, 0.3) is 0 Å². The van der Waals surface area contributed by atoms with E-state index in [9.17, 15) is 4.79 Å². The van der Waals surface area contributed by atoms with Crippen LogP contribution in [0.4, 0.5) is 0 Å². The van der Waals surface area contributed by atoms with Gasteiger partial charge in [0, 0.05) is 17.5 Å². The summed E-state index contributed by atoms with van der Waals surface area (Å²) in [5.74, 6) is 0.576. The minimum atomic E-state index is 0.110. The normalized spacial score (nSPS) is 16.8. The van der Waals surface area contributed by atoms with E-state index in [0.717, 1.165) is 22.1 Å². The van der Waals surface area contributed by atoms with E-state index in [1.165, 1.54) is 11.3 Å². The van der Waals surface area contributed by atoms with Crippen LogP contribution < -0.4 is 11.1 Å². The summed E-state index contributed by atoms with van der Waals surface area (Å²) >= 11 is 9.00. The summed E-state index contributed by atoms with van der Waals surface area (Å²) < 4.78 is 0.765. The standard InChI is InChI=1S/C11H15ClN2OS2/c12-10-4-3-8(17-10)9(5-13)16-6-11(15)14-7-1-2-7/h3-4,7,9H,1-2,5-6,13H2,(H,14,15). The third-order valence-electron chi connectivity index (χ3n) is 2.48. The van der Waals surface area contributed by atoms with Crippen LogP contribution in [-0.2, 0) is 4.79 Å². The summed E-state index contributed by atoms with van der Waals surface area (Å²) in [5, 5.41) is 3.13. The fourth-order valence-electron chi connectivity index (χ4n) is 1.44. The molecule has 0 radical (unpaired) electrons. The Morgan fingerprint density at radius 3 is 2.94 bits per heavy atom. The molecule has 1 aromatic heterocycles. The summed E-state index contributed by atoms with van der Waals surface area (Å²) in [6, 6.07) is 4.28. The van der Waals surface area contributed by atoms with E-state index in [0.29, 0.717) is 18.3 Å². The van der Waals surface area contributed by atoms with Crippen molar-refractivity contribution in [3.8, 4) is 0 Å². The second-order valence-corrected chi connectivity index (χ2v) is 6.96. The van der Waals surface area contributed by atoms with Gasteiger partial charge < -0.3 is 11.1 Å². The Hall–Kier alpha value is -0.230. The van der Waals surface area contributed by atoms with Crippen LogP contribution in [0.15, 0.2) is 12.1 Å². The Kier molecular flexibility index (Phi) is 4.73. The lowest BCUT2D eigenvalue weighted by Crippen LogP contribution is -2.27. The van der Waals surface area contributed by atoms with E-state index in [1.807, 2.05) is 12.1 Å². The maximum Gasteiger partial charge on any atom is 0.230 e. The highest BCUT2D eigenvalue weighted by molar-refractivity contribution is 8.00. The Morgan fingerprint density at radius 1 is 1.65 bits per heavy atom. The monoisotopic (exact) mass is 290 g/mol.